The Kier molecular flexibility index (Phi) is 4.14. The normalized spacial score (nSPS) is 24.5. The third-order valence-corrected chi connectivity index (χ3v) is 3.49. The SMILES string of the molecule is O=C(NCC1CCCCC1CO)c1ccno1. The van der Waals surface area contributed by atoms with Crippen molar-refractivity contribution >= 4 is 5.91 Å². The molecule has 0 bridgehead atoms. The summed E-state index contributed by atoms with van der Waals surface area (Å²) in [4.78, 5) is 11.6. The fourth-order valence-electron chi connectivity index (χ4n) is 2.44. The number of carbonyl (C=O) groups excluding carboxylic acids is 1. The first-order valence-corrected chi connectivity index (χ1v) is 6.11. The standard InChI is InChI=1S/C12H18N2O3/c15-8-10-4-2-1-3-9(10)7-13-12(16)11-5-6-14-17-11/h5-6,9-10,15H,1-4,7-8H2,(H,13,16). The molecule has 94 valence electrons. The molecule has 0 aliphatic heterocycles. The van der Waals surface area contributed by atoms with Crippen LogP contribution in [0.3, 0.4) is 0 Å². The second kappa shape index (κ2) is 5.82. The predicted molar refractivity (Wildman–Crippen MR) is 61.4 cm³/mol. The Morgan fingerprint density at radius 2 is 2.24 bits per heavy atom. The van der Waals surface area contributed by atoms with Gasteiger partial charge in [-0.25, -0.2) is 0 Å². The van der Waals surface area contributed by atoms with E-state index in [-0.39, 0.29) is 18.3 Å². The van der Waals surface area contributed by atoms with Gasteiger partial charge in [-0.15, -0.1) is 0 Å². The van der Waals surface area contributed by atoms with E-state index >= 15 is 0 Å². The van der Waals surface area contributed by atoms with Gasteiger partial charge < -0.3 is 14.9 Å². The molecule has 2 unspecified atom stereocenters. The summed E-state index contributed by atoms with van der Waals surface area (Å²) in [6.45, 7) is 0.813. The van der Waals surface area contributed by atoms with Gasteiger partial charge in [0.15, 0.2) is 0 Å². The predicted octanol–water partition coefficient (Wildman–Crippen LogP) is 1.20. The molecule has 2 atom stereocenters. The van der Waals surface area contributed by atoms with Crippen LogP contribution in [0.2, 0.25) is 0 Å². The molecule has 0 aromatic carbocycles. The number of rotatable bonds is 4. The van der Waals surface area contributed by atoms with Crippen molar-refractivity contribution in [2.75, 3.05) is 13.2 Å². The molecule has 1 aliphatic carbocycles. The molecule has 17 heavy (non-hydrogen) atoms. The largest absolute Gasteiger partial charge is 0.396 e. The van der Waals surface area contributed by atoms with Crippen LogP contribution in [-0.2, 0) is 0 Å². The van der Waals surface area contributed by atoms with Crippen LogP contribution < -0.4 is 5.32 Å². The highest BCUT2D eigenvalue weighted by Gasteiger charge is 2.25. The molecule has 1 saturated carbocycles. The van der Waals surface area contributed by atoms with Crippen LogP contribution in [0.15, 0.2) is 16.8 Å². The second-order valence-corrected chi connectivity index (χ2v) is 4.57. The summed E-state index contributed by atoms with van der Waals surface area (Å²) in [5.74, 6) is 0.700. The number of aliphatic hydroxyl groups excluding tert-OH is 1. The number of carbonyl (C=O) groups is 1. The Morgan fingerprint density at radius 1 is 1.47 bits per heavy atom. The Morgan fingerprint density at radius 3 is 2.88 bits per heavy atom. The fourth-order valence-corrected chi connectivity index (χ4v) is 2.44. The highest BCUT2D eigenvalue weighted by atomic mass is 16.5. The smallest absolute Gasteiger partial charge is 0.289 e. The van der Waals surface area contributed by atoms with Crippen molar-refractivity contribution in [2.45, 2.75) is 25.7 Å². The first kappa shape index (κ1) is 12.1. The molecule has 2 N–H and O–H groups in total. The van der Waals surface area contributed by atoms with Gasteiger partial charge in [-0.05, 0) is 24.7 Å². The maximum Gasteiger partial charge on any atom is 0.289 e. The van der Waals surface area contributed by atoms with Gasteiger partial charge in [-0.1, -0.05) is 18.0 Å². The topological polar surface area (TPSA) is 75.4 Å². The van der Waals surface area contributed by atoms with Crippen LogP contribution in [0.1, 0.15) is 36.2 Å². The molecular weight excluding hydrogens is 220 g/mol. The summed E-state index contributed by atoms with van der Waals surface area (Å²) in [6.07, 6.45) is 5.93. The molecule has 1 aliphatic rings. The Balaban J connectivity index is 1.82. The van der Waals surface area contributed by atoms with E-state index in [0.29, 0.717) is 18.4 Å². The van der Waals surface area contributed by atoms with E-state index in [1.165, 1.54) is 19.0 Å². The fraction of sp³-hybridized carbons (Fsp3) is 0.667. The highest BCUT2D eigenvalue weighted by Crippen LogP contribution is 2.29. The minimum Gasteiger partial charge on any atom is -0.396 e. The van der Waals surface area contributed by atoms with E-state index in [9.17, 15) is 9.90 Å². The summed E-state index contributed by atoms with van der Waals surface area (Å²) in [5, 5.41) is 15.6. The van der Waals surface area contributed by atoms with Crippen LogP contribution in [0.4, 0.5) is 0 Å². The van der Waals surface area contributed by atoms with Crippen LogP contribution in [0.25, 0.3) is 0 Å². The quantitative estimate of drug-likeness (QED) is 0.826. The van der Waals surface area contributed by atoms with Gasteiger partial charge in [0.25, 0.3) is 5.91 Å². The van der Waals surface area contributed by atoms with Gasteiger partial charge in [-0.3, -0.25) is 4.79 Å². The maximum absolute atomic E-state index is 11.6. The maximum atomic E-state index is 11.6. The van der Waals surface area contributed by atoms with E-state index < -0.39 is 0 Å². The third-order valence-electron chi connectivity index (χ3n) is 3.49. The lowest BCUT2D eigenvalue weighted by Gasteiger charge is -2.30. The average molecular weight is 238 g/mol. The molecule has 1 aromatic heterocycles. The molecule has 5 nitrogen and oxygen atoms in total. The number of aliphatic hydroxyl groups is 1. The van der Waals surface area contributed by atoms with Crippen molar-refractivity contribution in [1.82, 2.24) is 10.5 Å². The van der Waals surface area contributed by atoms with E-state index in [4.69, 9.17) is 4.52 Å². The lowest BCUT2D eigenvalue weighted by Crippen LogP contribution is -2.35. The molecule has 1 heterocycles. The summed E-state index contributed by atoms with van der Waals surface area (Å²) < 4.78 is 4.78. The molecule has 1 amide bonds. The number of nitrogens with zero attached hydrogens (tertiary/aromatic N) is 1. The number of aromatic nitrogens is 1. The first-order valence-electron chi connectivity index (χ1n) is 6.11. The zero-order valence-electron chi connectivity index (χ0n) is 9.76. The first-order chi connectivity index (χ1) is 8.31. The van der Waals surface area contributed by atoms with E-state index in [1.54, 1.807) is 6.07 Å². The van der Waals surface area contributed by atoms with Crippen molar-refractivity contribution in [3.8, 4) is 0 Å². The molecule has 0 radical (unpaired) electrons. The molecule has 0 saturated heterocycles. The van der Waals surface area contributed by atoms with E-state index in [2.05, 4.69) is 10.5 Å². The number of amides is 1. The lowest BCUT2D eigenvalue weighted by molar-refractivity contribution is 0.0874. The monoisotopic (exact) mass is 238 g/mol. The van der Waals surface area contributed by atoms with Crippen molar-refractivity contribution in [3.05, 3.63) is 18.0 Å². The van der Waals surface area contributed by atoms with Gasteiger partial charge in [0.1, 0.15) is 0 Å². The van der Waals surface area contributed by atoms with E-state index in [0.717, 1.165) is 12.8 Å². The Labute approximate surface area is 100 Å². The second-order valence-electron chi connectivity index (χ2n) is 4.57. The van der Waals surface area contributed by atoms with Crippen molar-refractivity contribution in [1.29, 1.82) is 0 Å². The van der Waals surface area contributed by atoms with Gasteiger partial charge in [0.2, 0.25) is 5.76 Å². The van der Waals surface area contributed by atoms with Crippen molar-refractivity contribution in [2.24, 2.45) is 11.8 Å². The van der Waals surface area contributed by atoms with Crippen LogP contribution >= 0.6 is 0 Å². The number of hydrogen-bond donors (Lipinski definition) is 2. The molecule has 2 rings (SSSR count). The molecule has 1 aromatic rings. The van der Waals surface area contributed by atoms with E-state index in [1.807, 2.05) is 0 Å². The molecule has 1 fully saturated rings. The molecule has 0 spiro atoms. The molecule has 5 heteroatoms. The minimum absolute atomic E-state index is 0.211. The summed E-state index contributed by atoms with van der Waals surface area (Å²) >= 11 is 0. The van der Waals surface area contributed by atoms with Gasteiger partial charge in [0, 0.05) is 19.2 Å². The van der Waals surface area contributed by atoms with Crippen molar-refractivity contribution < 1.29 is 14.4 Å². The van der Waals surface area contributed by atoms with Gasteiger partial charge >= 0.3 is 0 Å². The number of hydrogen-bond acceptors (Lipinski definition) is 4. The Bertz CT molecular complexity index is 351. The van der Waals surface area contributed by atoms with Crippen LogP contribution in [-0.4, -0.2) is 29.3 Å². The van der Waals surface area contributed by atoms with Crippen LogP contribution in [0, 0.1) is 11.8 Å². The summed E-state index contributed by atoms with van der Waals surface area (Å²) in [7, 11) is 0. The number of nitrogens with one attached hydrogen (secondary N) is 1. The zero-order valence-corrected chi connectivity index (χ0v) is 9.76. The third kappa shape index (κ3) is 3.06. The molecular formula is C12H18N2O3. The summed E-state index contributed by atoms with van der Waals surface area (Å²) in [5.41, 5.74) is 0. The van der Waals surface area contributed by atoms with Crippen LogP contribution in [0.5, 0.6) is 0 Å². The zero-order chi connectivity index (χ0) is 12.1. The van der Waals surface area contributed by atoms with Gasteiger partial charge in [-0.2, -0.15) is 0 Å². The lowest BCUT2D eigenvalue weighted by atomic mass is 9.79. The Hall–Kier alpha value is -1.36. The van der Waals surface area contributed by atoms with Gasteiger partial charge in [0.05, 0.1) is 6.20 Å². The average Bonchev–Trinajstić information content (AvgIpc) is 2.90. The van der Waals surface area contributed by atoms with Crippen molar-refractivity contribution in [3.63, 3.8) is 0 Å². The minimum atomic E-state index is -0.232. The highest BCUT2D eigenvalue weighted by molar-refractivity contribution is 5.91. The summed E-state index contributed by atoms with van der Waals surface area (Å²) in [6, 6.07) is 1.54.